The molecule has 1 aromatic carbocycles. The first-order valence-electron chi connectivity index (χ1n) is 5.35. The third-order valence-corrected chi connectivity index (χ3v) is 2.88. The molecule has 4 heteroatoms. The van der Waals surface area contributed by atoms with E-state index in [0.29, 0.717) is 29.0 Å². The normalized spacial score (nSPS) is 13.2. The van der Waals surface area contributed by atoms with E-state index in [2.05, 4.69) is 11.9 Å². The largest absolute Gasteiger partial charge is 0.439 e. The van der Waals surface area contributed by atoms with Crippen molar-refractivity contribution >= 4 is 22.7 Å². The molecule has 86 valence electrons. The van der Waals surface area contributed by atoms with Crippen LogP contribution in [-0.2, 0) is 6.42 Å². The van der Waals surface area contributed by atoms with E-state index in [4.69, 9.17) is 21.8 Å². The van der Waals surface area contributed by atoms with E-state index in [1.54, 1.807) is 0 Å². The number of nitrogens with two attached hydrogens (primary N) is 1. The number of aryl methyl sites for hydroxylation is 1. The molecule has 1 atom stereocenters. The van der Waals surface area contributed by atoms with Gasteiger partial charge in [-0.15, -0.1) is 0 Å². The highest BCUT2D eigenvalue weighted by atomic mass is 35.5. The number of benzene rings is 1. The Hall–Kier alpha value is -1.06. The summed E-state index contributed by atoms with van der Waals surface area (Å²) in [4.78, 5) is 4.29. The second kappa shape index (κ2) is 4.44. The first-order valence-corrected chi connectivity index (χ1v) is 5.73. The first kappa shape index (κ1) is 11.4. The van der Waals surface area contributed by atoms with Crippen molar-refractivity contribution in [1.82, 2.24) is 4.98 Å². The van der Waals surface area contributed by atoms with E-state index < -0.39 is 0 Å². The molecule has 1 unspecified atom stereocenters. The fourth-order valence-corrected chi connectivity index (χ4v) is 2.04. The van der Waals surface area contributed by atoms with E-state index >= 15 is 0 Å². The Morgan fingerprint density at radius 3 is 2.94 bits per heavy atom. The van der Waals surface area contributed by atoms with Crippen molar-refractivity contribution in [3.8, 4) is 0 Å². The molecule has 0 spiro atoms. The van der Waals surface area contributed by atoms with Crippen molar-refractivity contribution in [1.29, 1.82) is 0 Å². The third kappa shape index (κ3) is 2.20. The Labute approximate surface area is 99.6 Å². The van der Waals surface area contributed by atoms with Crippen LogP contribution in [0.1, 0.15) is 18.4 Å². The van der Waals surface area contributed by atoms with Crippen LogP contribution >= 0.6 is 11.6 Å². The molecular weight excluding hydrogens is 224 g/mol. The fraction of sp³-hybridized carbons (Fsp3) is 0.417. The molecule has 2 N–H and O–H groups in total. The Morgan fingerprint density at radius 2 is 2.25 bits per heavy atom. The van der Waals surface area contributed by atoms with E-state index in [1.807, 2.05) is 19.1 Å². The van der Waals surface area contributed by atoms with Gasteiger partial charge in [0.05, 0.1) is 5.02 Å². The number of hydrogen-bond donors (Lipinski definition) is 1. The molecule has 1 aromatic heterocycles. The molecule has 0 bridgehead atoms. The molecule has 0 aliphatic heterocycles. The summed E-state index contributed by atoms with van der Waals surface area (Å²) in [6, 6.07) is 3.95. The molecule has 3 nitrogen and oxygen atoms in total. The van der Waals surface area contributed by atoms with Gasteiger partial charge < -0.3 is 10.2 Å². The predicted molar refractivity (Wildman–Crippen MR) is 65.7 cm³/mol. The third-order valence-electron chi connectivity index (χ3n) is 2.60. The summed E-state index contributed by atoms with van der Waals surface area (Å²) in [7, 11) is 0. The molecule has 0 fully saturated rings. The van der Waals surface area contributed by atoms with Gasteiger partial charge in [0.1, 0.15) is 5.52 Å². The zero-order valence-corrected chi connectivity index (χ0v) is 10.2. The lowest BCUT2D eigenvalue weighted by Gasteiger charge is -2.08. The second-order valence-electron chi connectivity index (χ2n) is 4.20. The zero-order chi connectivity index (χ0) is 11.7. The number of oxazole rings is 1. The van der Waals surface area contributed by atoms with Gasteiger partial charge in [0.15, 0.2) is 11.5 Å². The van der Waals surface area contributed by atoms with Crippen LogP contribution in [0.15, 0.2) is 16.5 Å². The number of halogens is 1. The van der Waals surface area contributed by atoms with Crippen molar-refractivity contribution in [2.45, 2.75) is 20.3 Å². The van der Waals surface area contributed by atoms with Gasteiger partial charge in [-0.05, 0) is 36.6 Å². The molecule has 0 aliphatic carbocycles. The number of fused-ring (bicyclic) bond motifs is 1. The molecule has 0 saturated heterocycles. The molecule has 2 aromatic rings. The standard InChI is InChI=1S/C12H15ClN2O/c1-7(6-14)3-9-4-10(13)12-11(5-9)15-8(2)16-12/h4-5,7H,3,6,14H2,1-2H3. The molecule has 2 rings (SSSR count). The topological polar surface area (TPSA) is 52.0 Å². The highest BCUT2D eigenvalue weighted by molar-refractivity contribution is 6.34. The lowest BCUT2D eigenvalue weighted by molar-refractivity contribution is 0.561. The summed E-state index contributed by atoms with van der Waals surface area (Å²) in [6.45, 7) is 4.61. The number of rotatable bonds is 3. The van der Waals surface area contributed by atoms with Gasteiger partial charge in [0, 0.05) is 6.92 Å². The minimum Gasteiger partial charge on any atom is -0.439 e. The van der Waals surface area contributed by atoms with Gasteiger partial charge in [0.25, 0.3) is 0 Å². The van der Waals surface area contributed by atoms with E-state index in [-0.39, 0.29) is 0 Å². The van der Waals surface area contributed by atoms with Crippen LogP contribution in [0.25, 0.3) is 11.1 Å². The van der Waals surface area contributed by atoms with Crippen LogP contribution in [-0.4, -0.2) is 11.5 Å². The smallest absolute Gasteiger partial charge is 0.192 e. The minimum atomic E-state index is 0.446. The highest BCUT2D eigenvalue weighted by Gasteiger charge is 2.10. The van der Waals surface area contributed by atoms with Crippen LogP contribution in [0.2, 0.25) is 5.02 Å². The average molecular weight is 239 g/mol. The van der Waals surface area contributed by atoms with E-state index in [0.717, 1.165) is 17.5 Å². The number of nitrogens with zero attached hydrogens (tertiary/aromatic N) is 1. The van der Waals surface area contributed by atoms with E-state index in [9.17, 15) is 0 Å². The van der Waals surface area contributed by atoms with Gasteiger partial charge >= 0.3 is 0 Å². The van der Waals surface area contributed by atoms with Crippen LogP contribution in [0.3, 0.4) is 0 Å². The molecule has 0 aliphatic rings. The van der Waals surface area contributed by atoms with Gasteiger partial charge in [0.2, 0.25) is 0 Å². The molecule has 0 radical (unpaired) electrons. The lowest BCUT2D eigenvalue weighted by Crippen LogP contribution is -2.13. The van der Waals surface area contributed by atoms with Crippen LogP contribution in [0.4, 0.5) is 0 Å². The SMILES string of the molecule is Cc1nc2cc(CC(C)CN)cc(Cl)c2o1. The summed E-state index contributed by atoms with van der Waals surface area (Å²) < 4.78 is 5.42. The maximum Gasteiger partial charge on any atom is 0.192 e. The van der Waals surface area contributed by atoms with Gasteiger partial charge in [-0.3, -0.25) is 0 Å². The molecule has 1 heterocycles. The maximum atomic E-state index is 6.14. The maximum absolute atomic E-state index is 6.14. The molecule has 0 amide bonds. The summed E-state index contributed by atoms with van der Waals surface area (Å²) in [5, 5.41) is 0.623. The quantitative estimate of drug-likeness (QED) is 0.895. The first-order chi connectivity index (χ1) is 7.60. The Balaban J connectivity index is 2.41. The van der Waals surface area contributed by atoms with Crippen molar-refractivity contribution in [2.75, 3.05) is 6.54 Å². The Bertz CT molecular complexity index is 507. The molecular formula is C12H15ClN2O. The van der Waals surface area contributed by atoms with Crippen LogP contribution in [0.5, 0.6) is 0 Å². The minimum absolute atomic E-state index is 0.446. The van der Waals surface area contributed by atoms with Gasteiger partial charge in [-0.1, -0.05) is 18.5 Å². The van der Waals surface area contributed by atoms with Gasteiger partial charge in [-0.2, -0.15) is 0 Å². The molecule has 16 heavy (non-hydrogen) atoms. The summed E-state index contributed by atoms with van der Waals surface area (Å²) in [6.07, 6.45) is 0.915. The Morgan fingerprint density at radius 1 is 1.50 bits per heavy atom. The van der Waals surface area contributed by atoms with E-state index in [1.165, 1.54) is 0 Å². The average Bonchev–Trinajstić information content (AvgIpc) is 2.59. The van der Waals surface area contributed by atoms with Crippen molar-refractivity contribution in [3.05, 3.63) is 28.6 Å². The lowest BCUT2D eigenvalue weighted by atomic mass is 10.0. The Kier molecular flexibility index (Phi) is 3.17. The zero-order valence-electron chi connectivity index (χ0n) is 9.46. The summed E-state index contributed by atoms with van der Waals surface area (Å²) >= 11 is 6.14. The summed E-state index contributed by atoms with van der Waals surface area (Å²) in [5.41, 5.74) is 8.26. The highest BCUT2D eigenvalue weighted by Crippen LogP contribution is 2.27. The number of hydrogen-bond acceptors (Lipinski definition) is 3. The monoisotopic (exact) mass is 238 g/mol. The van der Waals surface area contributed by atoms with Crippen molar-refractivity contribution in [2.24, 2.45) is 11.7 Å². The predicted octanol–water partition coefficient (Wildman–Crippen LogP) is 2.93. The van der Waals surface area contributed by atoms with Crippen molar-refractivity contribution in [3.63, 3.8) is 0 Å². The summed E-state index contributed by atoms with van der Waals surface area (Å²) in [5.74, 6) is 1.09. The van der Waals surface area contributed by atoms with Gasteiger partial charge in [-0.25, -0.2) is 4.98 Å². The second-order valence-corrected chi connectivity index (χ2v) is 4.61. The molecule has 0 saturated carbocycles. The fourth-order valence-electron chi connectivity index (χ4n) is 1.76. The van der Waals surface area contributed by atoms with Crippen LogP contribution < -0.4 is 5.73 Å². The van der Waals surface area contributed by atoms with Crippen LogP contribution in [0, 0.1) is 12.8 Å². The number of aromatic nitrogens is 1. The van der Waals surface area contributed by atoms with Crippen molar-refractivity contribution < 1.29 is 4.42 Å².